The van der Waals surface area contributed by atoms with Gasteiger partial charge in [0.25, 0.3) is 0 Å². The van der Waals surface area contributed by atoms with Crippen molar-refractivity contribution in [2.45, 2.75) is 0 Å². The Morgan fingerprint density at radius 1 is 1.62 bits per heavy atom. The molecule has 0 bridgehead atoms. The summed E-state index contributed by atoms with van der Waals surface area (Å²) in [6, 6.07) is 5.01. The van der Waals surface area contributed by atoms with E-state index in [1.807, 2.05) is 0 Å². The van der Waals surface area contributed by atoms with Gasteiger partial charge in [-0.15, -0.1) is 0 Å². The Bertz CT molecular complexity index is 262. The third-order valence-electron chi connectivity index (χ3n) is 0.739. The second kappa shape index (κ2) is 2.78. The SMILES string of the molecule is [2H]c1ccc([As]=O)c([2H])c1. The van der Waals surface area contributed by atoms with Crippen LogP contribution in [0.15, 0.2) is 30.3 Å². The molecule has 0 saturated carbocycles. The molecular formula is C6H5AsO. The normalized spacial score (nSPS) is 13.0. The molecule has 1 aromatic rings. The minimum atomic E-state index is -1.12. The van der Waals surface area contributed by atoms with Gasteiger partial charge in [-0.1, -0.05) is 0 Å². The van der Waals surface area contributed by atoms with E-state index in [0.29, 0.717) is 10.4 Å². The minimum absolute atomic E-state index is 0.211. The molecule has 1 aromatic carbocycles. The summed E-state index contributed by atoms with van der Waals surface area (Å²) in [5.74, 6) is 0. The van der Waals surface area contributed by atoms with Crippen LogP contribution >= 0.6 is 0 Å². The molecule has 0 saturated heterocycles. The molecule has 0 unspecified atom stereocenters. The zero-order chi connectivity index (χ0) is 7.56. The molecule has 0 heterocycles. The van der Waals surface area contributed by atoms with E-state index in [1.165, 1.54) is 6.07 Å². The van der Waals surface area contributed by atoms with Gasteiger partial charge in [-0.2, -0.15) is 0 Å². The fourth-order valence-electron chi connectivity index (χ4n) is 0.396. The molecule has 0 aliphatic rings. The van der Waals surface area contributed by atoms with E-state index in [9.17, 15) is 3.74 Å². The van der Waals surface area contributed by atoms with Crippen molar-refractivity contribution in [3.8, 4) is 0 Å². The van der Waals surface area contributed by atoms with Crippen LogP contribution in [0, 0.1) is 0 Å². The van der Waals surface area contributed by atoms with E-state index in [1.54, 1.807) is 12.1 Å². The summed E-state index contributed by atoms with van der Waals surface area (Å²) in [6.45, 7) is 0. The van der Waals surface area contributed by atoms with E-state index in [4.69, 9.17) is 2.74 Å². The van der Waals surface area contributed by atoms with Crippen molar-refractivity contribution < 1.29 is 6.48 Å². The van der Waals surface area contributed by atoms with Crippen LogP contribution in [0.4, 0.5) is 0 Å². The van der Waals surface area contributed by atoms with Crippen molar-refractivity contribution in [1.29, 1.82) is 0 Å². The first-order valence-corrected chi connectivity index (χ1v) is 3.85. The summed E-state index contributed by atoms with van der Waals surface area (Å²) in [4.78, 5) is 0. The van der Waals surface area contributed by atoms with Gasteiger partial charge in [-0.25, -0.2) is 0 Å². The predicted molar refractivity (Wildman–Crippen MR) is 32.5 cm³/mol. The molecule has 0 radical (unpaired) electrons. The zero-order valence-electron chi connectivity index (χ0n) is 6.09. The van der Waals surface area contributed by atoms with E-state index in [2.05, 4.69) is 0 Å². The zero-order valence-corrected chi connectivity index (χ0v) is 5.96. The average Bonchev–Trinajstić information content (AvgIpc) is 1.88. The maximum absolute atomic E-state index is 10.4. The van der Waals surface area contributed by atoms with E-state index in [0.717, 1.165) is 0 Å². The summed E-state index contributed by atoms with van der Waals surface area (Å²) < 4.78 is 25.2. The van der Waals surface area contributed by atoms with Crippen LogP contribution < -0.4 is 4.35 Å². The molecule has 0 aromatic heterocycles. The molecule has 0 fully saturated rings. The summed E-state index contributed by atoms with van der Waals surface area (Å²) >= 11 is -1.12. The number of rotatable bonds is 1. The van der Waals surface area contributed by atoms with Gasteiger partial charge in [0.2, 0.25) is 0 Å². The van der Waals surface area contributed by atoms with Crippen molar-refractivity contribution in [2.24, 2.45) is 0 Å². The van der Waals surface area contributed by atoms with Crippen molar-refractivity contribution in [3.05, 3.63) is 30.3 Å². The van der Waals surface area contributed by atoms with Gasteiger partial charge in [-0.3, -0.25) is 0 Å². The Balaban J connectivity index is 3.19. The van der Waals surface area contributed by atoms with Crippen molar-refractivity contribution in [1.82, 2.24) is 0 Å². The Labute approximate surface area is 57.4 Å². The molecule has 8 heavy (non-hydrogen) atoms. The molecule has 1 rings (SSSR count). The third kappa shape index (κ3) is 1.27. The molecule has 2 heteroatoms. The van der Waals surface area contributed by atoms with E-state index < -0.39 is 15.7 Å². The van der Waals surface area contributed by atoms with Crippen molar-refractivity contribution in [3.63, 3.8) is 0 Å². The second-order valence-corrected chi connectivity index (χ2v) is 2.66. The topological polar surface area (TPSA) is 17.1 Å². The van der Waals surface area contributed by atoms with Gasteiger partial charge in [0.05, 0.1) is 0 Å². The van der Waals surface area contributed by atoms with Crippen LogP contribution in [-0.2, 0) is 3.74 Å². The first-order chi connectivity index (χ1) is 4.74. The molecule has 0 amide bonds. The Hall–Kier alpha value is -0.422. The number of benzene rings is 1. The summed E-state index contributed by atoms with van der Waals surface area (Å²) in [6.07, 6.45) is 0. The van der Waals surface area contributed by atoms with Gasteiger partial charge in [-0.05, 0) is 0 Å². The molecule has 0 aliphatic heterocycles. The first kappa shape index (κ1) is 3.57. The molecule has 0 aliphatic carbocycles. The number of hydrogen-bond donors (Lipinski definition) is 0. The van der Waals surface area contributed by atoms with E-state index in [-0.39, 0.29) is 6.04 Å². The number of hydrogen-bond acceptors (Lipinski definition) is 1. The van der Waals surface area contributed by atoms with Gasteiger partial charge in [0.15, 0.2) is 0 Å². The Morgan fingerprint density at radius 2 is 2.50 bits per heavy atom. The molecule has 0 atom stereocenters. The molecule has 0 spiro atoms. The summed E-state index contributed by atoms with van der Waals surface area (Å²) in [5.41, 5.74) is 0. The standard InChI is InChI=1S/C6H5AsO/c8-7-6-4-2-1-3-5-6/h1-5H/i1D,4D. The molecular weight excluding hydrogens is 163 g/mol. The average molecular weight is 170 g/mol. The summed E-state index contributed by atoms with van der Waals surface area (Å²) in [7, 11) is 0. The van der Waals surface area contributed by atoms with Gasteiger partial charge < -0.3 is 0 Å². The van der Waals surface area contributed by atoms with Gasteiger partial charge in [0, 0.05) is 0 Å². The van der Waals surface area contributed by atoms with Crippen LogP contribution in [-0.4, -0.2) is 15.7 Å². The Morgan fingerprint density at radius 3 is 3.12 bits per heavy atom. The molecule has 1 nitrogen and oxygen atoms in total. The second-order valence-electron chi connectivity index (χ2n) is 1.27. The van der Waals surface area contributed by atoms with Crippen molar-refractivity contribution in [2.75, 3.05) is 0 Å². The fourth-order valence-corrected chi connectivity index (χ4v) is 0.926. The predicted octanol–water partition coefficient (Wildman–Crippen LogP) is 0.362. The fraction of sp³-hybridized carbons (Fsp3) is 0. The maximum atomic E-state index is 10.4. The van der Waals surface area contributed by atoms with E-state index >= 15 is 0 Å². The monoisotopic (exact) mass is 170 g/mol. The quantitative estimate of drug-likeness (QED) is 0.556. The van der Waals surface area contributed by atoms with Crippen LogP contribution in [0.25, 0.3) is 0 Å². The van der Waals surface area contributed by atoms with Crippen LogP contribution in [0.3, 0.4) is 0 Å². The van der Waals surface area contributed by atoms with Gasteiger partial charge in [0.1, 0.15) is 0 Å². The molecule has 40 valence electrons. The van der Waals surface area contributed by atoms with Crippen LogP contribution in [0.2, 0.25) is 0 Å². The van der Waals surface area contributed by atoms with Crippen LogP contribution in [0.1, 0.15) is 2.74 Å². The Kier molecular flexibility index (Phi) is 1.24. The molecule has 0 N–H and O–H groups in total. The van der Waals surface area contributed by atoms with Gasteiger partial charge >= 0.3 is 56.8 Å². The summed E-state index contributed by atoms with van der Waals surface area (Å²) in [5, 5.41) is 0. The van der Waals surface area contributed by atoms with Crippen molar-refractivity contribution >= 4 is 20.0 Å². The van der Waals surface area contributed by atoms with Crippen LogP contribution in [0.5, 0.6) is 0 Å². The first-order valence-electron chi connectivity index (χ1n) is 3.14. The third-order valence-corrected chi connectivity index (χ3v) is 1.74.